The fourth-order valence-corrected chi connectivity index (χ4v) is 2.39. The first-order valence-corrected chi connectivity index (χ1v) is 7.78. The number of nitrogens with zero attached hydrogens (tertiary/aromatic N) is 1. The molecule has 2 rings (SSSR count). The van der Waals surface area contributed by atoms with Gasteiger partial charge < -0.3 is 19.5 Å². The first-order valence-electron chi connectivity index (χ1n) is 7.40. The Morgan fingerprint density at radius 2 is 2.22 bits per heavy atom. The maximum Gasteiger partial charge on any atom is 0.410 e. The molecule has 1 N–H and O–H groups in total. The largest absolute Gasteiger partial charge is 0.444 e. The number of aliphatic hydroxyl groups excluding tert-OH is 1. The predicted octanol–water partition coefficient (Wildman–Crippen LogP) is 3.15. The molecule has 2 atom stereocenters. The second kappa shape index (κ2) is 7.03. The van der Waals surface area contributed by atoms with Crippen LogP contribution in [0, 0.1) is 5.82 Å². The summed E-state index contributed by atoms with van der Waals surface area (Å²) in [6, 6.07) is 4.08. The molecule has 1 amide bonds. The summed E-state index contributed by atoms with van der Waals surface area (Å²) < 4.78 is 24.4. The highest BCUT2D eigenvalue weighted by atomic mass is 35.5. The van der Waals surface area contributed by atoms with Crippen molar-refractivity contribution in [3.8, 4) is 0 Å². The van der Waals surface area contributed by atoms with Gasteiger partial charge in [0.15, 0.2) is 0 Å². The van der Waals surface area contributed by atoms with E-state index in [9.17, 15) is 14.3 Å². The molecule has 1 fully saturated rings. The minimum absolute atomic E-state index is 0.0131. The number of amides is 1. The Morgan fingerprint density at radius 1 is 1.52 bits per heavy atom. The van der Waals surface area contributed by atoms with Crippen molar-refractivity contribution in [2.45, 2.75) is 38.6 Å². The molecule has 5 nitrogen and oxygen atoms in total. The number of ether oxygens (including phenoxy) is 2. The van der Waals surface area contributed by atoms with Crippen LogP contribution < -0.4 is 0 Å². The molecular formula is C16H21ClFNO4. The number of benzene rings is 1. The second-order valence-electron chi connectivity index (χ2n) is 6.45. The number of rotatable bonds is 2. The molecular weight excluding hydrogens is 325 g/mol. The van der Waals surface area contributed by atoms with E-state index >= 15 is 0 Å². The molecule has 1 aromatic rings. The minimum atomic E-state index is -1.06. The van der Waals surface area contributed by atoms with Gasteiger partial charge in [0.25, 0.3) is 0 Å². The quantitative estimate of drug-likeness (QED) is 0.894. The molecule has 1 aromatic carbocycles. The van der Waals surface area contributed by atoms with Gasteiger partial charge in [0, 0.05) is 6.54 Å². The van der Waals surface area contributed by atoms with Crippen molar-refractivity contribution in [3.05, 3.63) is 34.6 Å². The summed E-state index contributed by atoms with van der Waals surface area (Å²) in [7, 11) is 0. The van der Waals surface area contributed by atoms with Gasteiger partial charge in [0.2, 0.25) is 0 Å². The molecule has 1 aliphatic heterocycles. The number of morpholine rings is 1. The Hall–Kier alpha value is -1.37. The van der Waals surface area contributed by atoms with Crippen LogP contribution in [0.4, 0.5) is 9.18 Å². The molecule has 0 radical (unpaired) electrons. The van der Waals surface area contributed by atoms with E-state index < -0.39 is 29.7 Å². The van der Waals surface area contributed by atoms with Crippen LogP contribution in [0.2, 0.25) is 5.02 Å². The zero-order valence-electron chi connectivity index (χ0n) is 13.4. The first kappa shape index (κ1) is 18.0. The van der Waals surface area contributed by atoms with Crippen molar-refractivity contribution < 1.29 is 23.8 Å². The summed E-state index contributed by atoms with van der Waals surface area (Å²) in [5.74, 6) is -0.608. The van der Waals surface area contributed by atoms with Crippen molar-refractivity contribution in [2.24, 2.45) is 0 Å². The Labute approximate surface area is 139 Å². The van der Waals surface area contributed by atoms with Gasteiger partial charge in [-0.1, -0.05) is 17.7 Å². The summed E-state index contributed by atoms with van der Waals surface area (Å²) in [5.41, 5.74) is -0.244. The maximum absolute atomic E-state index is 13.5. The number of aliphatic hydroxyl groups is 1. The van der Waals surface area contributed by atoms with E-state index in [-0.39, 0.29) is 18.2 Å². The van der Waals surface area contributed by atoms with Gasteiger partial charge >= 0.3 is 6.09 Å². The summed E-state index contributed by atoms with van der Waals surface area (Å²) >= 11 is 5.64. The highest BCUT2D eigenvalue weighted by molar-refractivity contribution is 6.30. The van der Waals surface area contributed by atoms with Crippen molar-refractivity contribution in [2.75, 3.05) is 19.7 Å². The number of carbonyl (C=O) groups excluding carboxylic acids is 1. The molecule has 1 aliphatic rings. The standard InChI is InChI=1S/C16H21ClFNO4/c1-16(2,3)23-15(21)19-6-7-22-13(9-19)14(20)10-4-5-11(17)12(18)8-10/h4-5,8,13-14,20H,6-7,9H2,1-3H3/t13-,14+/m1/s1. The summed E-state index contributed by atoms with van der Waals surface area (Å²) in [5, 5.41) is 10.4. The third-order valence-electron chi connectivity index (χ3n) is 3.38. The molecule has 0 aliphatic carbocycles. The van der Waals surface area contributed by atoms with Gasteiger partial charge in [-0.25, -0.2) is 9.18 Å². The number of halogens is 2. The molecule has 23 heavy (non-hydrogen) atoms. The van der Waals surface area contributed by atoms with Crippen LogP contribution in [0.5, 0.6) is 0 Å². The average Bonchev–Trinajstić information content (AvgIpc) is 2.48. The molecule has 0 bridgehead atoms. The SMILES string of the molecule is CC(C)(C)OC(=O)N1CCO[C@@H]([C@@H](O)c2ccc(Cl)c(F)c2)C1. The van der Waals surface area contributed by atoms with E-state index in [0.29, 0.717) is 12.1 Å². The molecule has 0 aromatic heterocycles. The maximum atomic E-state index is 13.5. The highest BCUT2D eigenvalue weighted by Gasteiger charge is 2.32. The Morgan fingerprint density at radius 3 is 2.83 bits per heavy atom. The highest BCUT2D eigenvalue weighted by Crippen LogP contribution is 2.26. The van der Waals surface area contributed by atoms with Crippen molar-refractivity contribution in [1.82, 2.24) is 4.90 Å². The third kappa shape index (κ3) is 4.80. The minimum Gasteiger partial charge on any atom is -0.444 e. The van der Waals surface area contributed by atoms with E-state index in [0.717, 1.165) is 0 Å². The molecule has 1 heterocycles. The fourth-order valence-electron chi connectivity index (χ4n) is 2.27. The molecule has 0 unspecified atom stereocenters. The van der Waals surface area contributed by atoms with Crippen LogP contribution in [-0.2, 0) is 9.47 Å². The Bertz CT molecular complexity index is 576. The van der Waals surface area contributed by atoms with Gasteiger partial charge in [0.05, 0.1) is 18.2 Å². The fraction of sp³-hybridized carbons (Fsp3) is 0.562. The van der Waals surface area contributed by atoms with Crippen LogP contribution in [-0.4, -0.2) is 47.5 Å². The van der Waals surface area contributed by atoms with Crippen LogP contribution in [0.25, 0.3) is 0 Å². The molecule has 1 saturated heterocycles. The topological polar surface area (TPSA) is 59.0 Å². The van der Waals surface area contributed by atoms with Crippen molar-refractivity contribution in [3.63, 3.8) is 0 Å². The Kier molecular flexibility index (Phi) is 5.49. The van der Waals surface area contributed by atoms with Crippen LogP contribution in [0.1, 0.15) is 32.4 Å². The van der Waals surface area contributed by atoms with Crippen LogP contribution >= 0.6 is 11.6 Å². The van der Waals surface area contributed by atoms with Crippen molar-refractivity contribution >= 4 is 17.7 Å². The van der Waals surface area contributed by atoms with E-state index in [1.54, 1.807) is 20.8 Å². The van der Waals surface area contributed by atoms with Crippen LogP contribution in [0.15, 0.2) is 18.2 Å². The van der Waals surface area contributed by atoms with Gasteiger partial charge in [-0.2, -0.15) is 0 Å². The zero-order valence-corrected chi connectivity index (χ0v) is 14.1. The lowest BCUT2D eigenvalue weighted by Crippen LogP contribution is -2.49. The normalized spacial score (nSPS) is 20.3. The molecule has 0 saturated carbocycles. The molecule has 7 heteroatoms. The van der Waals surface area contributed by atoms with E-state index in [1.807, 2.05) is 0 Å². The predicted molar refractivity (Wildman–Crippen MR) is 83.9 cm³/mol. The molecule has 128 valence electrons. The van der Waals surface area contributed by atoms with E-state index in [1.165, 1.54) is 23.1 Å². The van der Waals surface area contributed by atoms with Gasteiger partial charge in [-0.05, 0) is 38.5 Å². The summed E-state index contributed by atoms with van der Waals surface area (Å²) in [4.78, 5) is 13.6. The lowest BCUT2D eigenvalue weighted by atomic mass is 10.0. The number of carbonyl (C=O) groups is 1. The Balaban J connectivity index is 2.05. The zero-order chi connectivity index (χ0) is 17.2. The number of hydrogen-bond donors (Lipinski definition) is 1. The summed E-state index contributed by atoms with van der Waals surface area (Å²) in [6.07, 6.45) is -2.18. The van der Waals surface area contributed by atoms with Gasteiger partial charge in [-0.15, -0.1) is 0 Å². The molecule has 0 spiro atoms. The number of hydrogen-bond acceptors (Lipinski definition) is 4. The first-order chi connectivity index (χ1) is 10.7. The smallest absolute Gasteiger partial charge is 0.410 e. The van der Waals surface area contributed by atoms with Gasteiger partial charge in [0.1, 0.15) is 23.6 Å². The van der Waals surface area contributed by atoms with Crippen molar-refractivity contribution in [1.29, 1.82) is 0 Å². The lowest BCUT2D eigenvalue weighted by molar-refractivity contribution is -0.0908. The van der Waals surface area contributed by atoms with Gasteiger partial charge in [-0.3, -0.25) is 0 Å². The summed E-state index contributed by atoms with van der Waals surface area (Å²) in [6.45, 7) is 6.18. The lowest BCUT2D eigenvalue weighted by Gasteiger charge is -2.36. The monoisotopic (exact) mass is 345 g/mol. The van der Waals surface area contributed by atoms with E-state index in [4.69, 9.17) is 21.1 Å². The second-order valence-corrected chi connectivity index (χ2v) is 6.86. The van der Waals surface area contributed by atoms with Crippen LogP contribution in [0.3, 0.4) is 0 Å². The van der Waals surface area contributed by atoms with E-state index in [2.05, 4.69) is 0 Å². The third-order valence-corrected chi connectivity index (χ3v) is 3.69. The average molecular weight is 346 g/mol.